The Bertz CT molecular complexity index is 392. The van der Waals surface area contributed by atoms with E-state index in [1.54, 1.807) is 30.3 Å². The van der Waals surface area contributed by atoms with Gasteiger partial charge in [-0.3, -0.25) is 4.79 Å². The molecular formula is C13H18N2O2. The molecule has 92 valence electrons. The first-order valence-corrected chi connectivity index (χ1v) is 5.49. The third-order valence-electron chi connectivity index (χ3n) is 1.97. The third-order valence-corrected chi connectivity index (χ3v) is 1.97. The summed E-state index contributed by atoms with van der Waals surface area (Å²) in [6.07, 6.45) is 1.56. The topological polar surface area (TPSA) is 64.3 Å². The van der Waals surface area contributed by atoms with Crippen molar-refractivity contribution in [3.8, 4) is 5.75 Å². The molecule has 0 aliphatic rings. The van der Waals surface area contributed by atoms with Crippen LogP contribution in [0.1, 0.15) is 13.8 Å². The smallest absolute Gasteiger partial charge is 0.244 e. The summed E-state index contributed by atoms with van der Waals surface area (Å²) >= 11 is 0. The highest BCUT2D eigenvalue weighted by Crippen LogP contribution is 2.12. The van der Waals surface area contributed by atoms with E-state index >= 15 is 0 Å². The van der Waals surface area contributed by atoms with Crippen LogP contribution in [0.2, 0.25) is 0 Å². The molecule has 0 heterocycles. The van der Waals surface area contributed by atoms with Crippen molar-refractivity contribution < 1.29 is 9.53 Å². The number of ether oxygens (including phenoxy) is 1. The summed E-state index contributed by atoms with van der Waals surface area (Å²) < 4.78 is 5.43. The van der Waals surface area contributed by atoms with Crippen molar-refractivity contribution in [2.24, 2.45) is 0 Å². The number of nitrogen functional groups attached to an aromatic ring is 1. The second-order valence-corrected chi connectivity index (χ2v) is 3.93. The summed E-state index contributed by atoms with van der Waals surface area (Å²) in [5.41, 5.74) is 7.23. The monoisotopic (exact) mass is 234 g/mol. The highest BCUT2D eigenvalue weighted by molar-refractivity contribution is 5.87. The van der Waals surface area contributed by atoms with E-state index in [2.05, 4.69) is 5.32 Å². The van der Waals surface area contributed by atoms with Gasteiger partial charge in [-0.15, -0.1) is 0 Å². The maximum absolute atomic E-state index is 11.2. The molecule has 4 heteroatoms. The van der Waals surface area contributed by atoms with Gasteiger partial charge in [-0.25, -0.2) is 0 Å². The molecule has 0 fully saturated rings. The molecule has 0 aromatic heterocycles. The number of carbonyl (C=O) groups excluding carboxylic acids is 1. The van der Waals surface area contributed by atoms with Gasteiger partial charge in [0.25, 0.3) is 0 Å². The Labute approximate surface area is 101 Å². The largest absolute Gasteiger partial charge is 0.492 e. The van der Waals surface area contributed by atoms with Crippen LogP contribution in [-0.4, -0.2) is 19.1 Å². The molecule has 0 unspecified atom stereocenters. The molecular weight excluding hydrogens is 216 g/mol. The van der Waals surface area contributed by atoms with Crippen molar-refractivity contribution in [1.82, 2.24) is 5.32 Å². The quantitative estimate of drug-likeness (QED) is 0.463. The van der Waals surface area contributed by atoms with Crippen LogP contribution < -0.4 is 15.8 Å². The summed E-state index contributed by atoms with van der Waals surface area (Å²) in [5, 5.41) is 2.73. The van der Waals surface area contributed by atoms with Gasteiger partial charge < -0.3 is 15.8 Å². The van der Waals surface area contributed by atoms with Gasteiger partial charge in [-0.2, -0.15) is 0 Å². The first kappa shape index (κ1) is 13.1. The Morgan fingerprint density at radius 3 is 2.59 bits per heavy atom. The molecule has 4 nitrogen and oxygen atoms in total. The molecule has 0 radical (unpaired) electrons. The first-order valence-electron chi connectivity index (χ1n) is 5.49. The average molecular weight is 234 g/mol. The highest BCUT2D eigenvalue weighted by atomic mass is 16.5. The number of amides is 1. The normalized spacial score (nSPS) is 9.53. The molecule has 1 aromatic carbocycles. The predicted molar refractivity (Wildman–Crippen MR) is 68.8 cm³/mol. The first-order chi connectivity index (χ1) is 8.08. The minimum absolute atomic E-state index is 0.0918. The number of nitrogens with two attached hydrogens (primary N) is 1. The predicted octanol–water partition coefficient (Wildman–Crippen LogP) is 1.73. The zero-order valence-electron chi connectivity index (χ0n) is 10.2. The molecule has 17 heavy (non-hydrogen) atoms. The molecule has 1 aromatic rings. The third kappa shape index (κ3) is 5.61. The van der Waals surface area contributed by atoms with Crippen LogP contribution in [0.3, 0.4) is 0 Å². The van der Waals surface area contributed by atoms with E-state index in [1.807, 2.05) is 13.8 Å². The van der Waals surface area contributed by atoms with Crippen molar-refractivity contribution >= 4 is 11.6 Å². The number of hydrogen-bond acceptors (Lipinski definition) is 3. The van der Waals surface area contributed by atoms with Gasteiger partial charge >= 0.3 is 0 Å². The number of allylic oxidation sites excluding steroid dienone is 1. The van der Waals surface area contributed by atoms with Crippen molar-refractivity contribution in [3.63, 3.8) is 0 Å². The summed E-state index contributed by atoms with van der Waals surface area (Å²) in [7, 11) is 0. The average Bonchev–Trinajstić information content (AvgIpc) is 2.26. The van der Waals surface area contributed by atoms with Crippen LogP contribution in [0, 0.1) is 0 Å². The number of nitrogens with one attached hydrogen (secondary N) is 1. The molecule has 0 atom stereocenters. The lowest BCUT2D eigenvalue weighted by molar-refractivity contribution is -0.116. The fraction of sp³-hybridized carbons (Fsp3) is 0.308. The maximum atomic E-state index is 11.2. The minimum atomic E-state index is -0.0918. The fourth-order valence-electron chi connectivity index (χ4n) is 1.22. The van der Waals surface area contributed by atoms with Crippen molar-refractivity contribution in [1.29, 1.82) is 0 Å². The van der Waals surface area contributed by atoms with Crippen LogP contribution in [0.4, 0.5) is 5.69 Å². The summed E-state index contributed by atoms with van der Waals surface area (Å²) in [6, 6.07) is 7.15. The second-order valence-electron chi connectivity index (χ2n) is 3.93. The minimum Gasteiger partial charge on any atom is -0.492 e. The molecule has 0 saturated heterocycles. The Balaban J connectivity index is 2.22. The molecule has 0 aliphatic carbocycles. The highest BCUT2D eigenvalue weighted by Gasteiger charge is 1.96. The Kier molecular flexibility index (Phi) is 5.07. The zero-order chi connectivity index (χ0) is 12.7. The molecule has 1 amide bonds. The van der Waals surface area contributed by atoms with E-state index in [4.69, 9.17) is 10.5 Å². The van der Waals surface area contributed by atoms with Crippen LogP contribution in [0.5, 0.6) is 5.75 Å². The van der Waals surface area contributed by atoms with Crippen molar-refractivity contribution in [3.05, 3.63) is 35.9 Å². The Morgan fingerprint density at radius 2 is 2.00 bits per heavy atom. The van der Waals surface area contributed by atoms with Crippen LogP contribution in [0.15, 0.2) is 35.9 Å². The standard InChI is InChI=1S/C13H18N2O2/c1-10(2)9-13(16)15-7-8-17-12-5-3-11(14)4-6-12/h3-6,9H,7-8,14H2,1-2H3,(H,15,16). The lowest BCUT2D eigenvalue weighted by atomic mass is 10.3. The van der Waals surface area contributed by atoms with Gasteiger partial charge in [0.2, 0.25) is 5.91 Å². The van der Waals surface area contributed by atoms with E-state index < -0.39 is 0 Å². The van der Waals surface area contributed by atoms with E-state index in [1.165, 1.54) is 0 Å². The van der Waals surface area contributed by atoms with Gasteiger partial charge in [-0.1, -0.05) is 5.57 Å². The lowest BCUT2D eigenvalue weighted by Gasteiger charge is -2.06. The van der Waals surface area contributed by atoms with E-state index in [-0.39, 0.29) is 5.91 Å². The van der Waals surface area contributed by atoms with Gasteiger partial charge in [0.1, 0.15) is 12.4 Å². The fourth-order valence-corrected chi connectivity index (χ4v) is 1.22. The Morgan fingerprint density at radius 1 is 1.35 bits per heavy atom. The van der Waals surface area contributed by atoms with Crippen molar-refractivity contribution in [2.45, 2.75) is 13.8 Å². The number of carbonyl (C=O) groups is 1. The zero-order valence-corrected chi connectivity index (χ0v) is 10.2. The summed E-state index contributed by atoms with van der Waals surface area (Å²) in [5.74, 6) is 0.654. The summed E-state index contributed by atoms with van der Waals surface area (Å²) in [6.45, 7) is 4.67. The maximum Gasteiger partial charge on any atom is 0.244 e. The van der Waals surface area contributed by atoms with Gasteiger partial charge in [0, 0.05) is 11.8 Å². The molecule has 0 aliphatic heterocycles. The molecule has 3 N–H and O–H groups in total. The second kappa shape index (κ2) is 6.58. The Hall–Kier alpha value is -1.97. The summed E-state index contributed by atoms with van der Waals surface area (Å²) in [4.78, 5) is 11.2. The number of anilines is 1. The van der Waals surface area contributed by atoms with E-state index in [0.717, 1.165) is 11.3 Å². The molecule has 1 rings (SSSR count). The molecule has 0 spiro atoms. The van der Waals surface area contributed by atoms with Gasteiger partial charge in [0.05, 0.1) is 6.54 Å². The van der Waals surface area contributed by atoms with E-state index in [9.17, 15) is 4.79 Å². The van der Waals surface area contributed by atoms with Gasteiger partial charge in [0.15, 0.2) is 0 Å². The van der Waals surface area contributed by atoms with E-state index in [0.29, 0.717) is 18.8 Å². The van der Waals surface area contributed by atoms with Crippen molar-refractivity contribution in [2.75, 3.05) is 18.9 Å². The molecule has 0 saturated carbocycles. The number of hydrogen-bond donors (Lipinski definition) is 2. The van der Waals surface area contributed by atoms with Crippen LogP contribution in [0.25, 0.3) is 0 Å². The number of rotatable bonds is 5. The van der Waals surface area contributed by atoms with Crippen LogP contribution >= 0.6 is 0 Å². The van der Waals surface area contributed by atoms with Gasteiger partial charge in [-0.05, 0) is 38.1 Å². The van der Waals surface area contributed by atoms with Crippen LogP contribution in [-0.2, 0) is 4.79 Å². The lowest BCUT2D eigenvalue weighted by Crippen LogP contribution is -2.26. The number of benzene rings is 1. The SMILES string of the molecule is CC(C)=CC(=O)NCCOc1ccc(N)cc1. The molecule has 0 bridgehead atoms.